The standard InChI is InChI=1S/C22H29N3O/c1-2-3-18-4-6-20(7-5-18)22(26)24-21-11-16-25(17-12-21)15-10-19-8-13-23-14-9-19/h4-9,13-14,21H,2-3,10-12,15-17H2,1H3,(H,24,26). The molecule has 2 heterocycles. The van der Waals surface area contributed by atoms with E-state index in [1.165, 1.54) is 11.1 Å². The third kappa shape index (κ3) is 5.40. The maximum Gasteiger partial charge on any atom is 0.251 e. The van der Waals surface area contributed by atoms with E-state index in [9.17, 15) is 4.79 Å². The lowest BCUT2D eigenvalue weighted by Crippen LogP contribution is -2.45. The van der Waals surface area contributed by atoms with Crippen molar-refractivity contribution in [3.8, 4) is 0 Å². The van der Waals surface area contributed by atoms with Crippen molar-refractivity contribution in [2.24, 2.45) is 0 Å². The van der Waals surface area contributed by atoms with Gasteiger partial charge in [-0.3, -0.25) is 9.78 Å². The Morgan fingerprint density at radius 1 is 1.04 bits per heavy atom. The predicted octanol–water partition coefficient (Wildman–Crippen LogP) is 3.47. The summed E-state index contributed by atoms with van der Waals surface area (Å²) < 4.78 is 0. The van der Waals surface area contributed by atoms with Gasteiger partial charge in [-0.25, -0.2) is 0 Å². The number of benzene rings is 1. The average molecular weight is 351 g/mol. The number of aromatic nitrogens is 1. The highest BCUT2D eigenvalue weighted by Crippen LogP contribution is 2.13. The van der Waals surface area contributed by atoms with Gasteiger partial charge in [-0.2, -0.15) is 0 Å². The van der Waals surface area contributed by atoms with Crippen molar-refractivity contribution in [3.63, 3.8) is 0 Å². The second-order valence-electron chi connectivity index (χ2n) is 7.14. The van der Waals surface area contributed by atoms with Crippen LogP contribution in [0, 0.1) is 0 Å². The molecule has 0 bridgehead atoms. The van der Waals surface area contributed by atoms with Crippen LogP contribution in [0.25, 0.3) is 0 Å². The van der Waals surface area contributed by atoms with Gasteiger partial charge in [-0.1, -0.05) is 25.5 Å². The summed E-state index contributed by atoms with van der Waals surface area (Å²) in [5, 5.41) is 3.21. The molecule has 138 valence electrons. The minimum Gasteiger partial charge on any atom is -0.349 e. The molecule has 26 heavy (non-hydrogen) atoms. The van der Waals surface area contributed by atoms with Crippen molar-refractivity contribution < 1.29 is 4.79 Å². The SMILES string of the molecule is CCCc1ccc(C(=O)NC2CCN(CCc3ccncc3)CC2)cc1. The minimum atomic E-state index is 0.0586. The summed E-state index contributed by atoms with van der Waals surface area (Å²) >= 11 is 0. The minimum absolute atomic E-state index is 0.0586. The zero-order valence-corrected chi connectivity index (χ0v) is 15.7. The normalized spacial score (nSPS) is 15.7. The fourth-order valence-electron chi connectivity index (χ4n) is 3.52. The maximum absolute atomic E-state index is 12.4. The quantitative estimate of drug-likeness (QED) is 0.831. The molecule has 4 heteroatoms. The van der Waals surface area contributed by atoms with Crippen LogP contribution in [0.4, 0.5) is 0 Å². The molecular formula is C22H29N3O. The number of pyridine rings is 1. The number of carbonyl (C=O) groups is 1. The Hall–Kier alpha value is -2.20. The van der Waals surface area contributed by atoms with E-state index in [2.05, 4.69) is 46.4 Å². The summed E-state index contributed by atoms with van der Waals surface area (Å²) in [7, 11) is 0. The van der Waals surface area contributed by atoms with Crippen LogP contribution in [0.3, 0.4) is 0 Å². The van der Waals surface area contributed by atoms with Gasteiger partial charge < -0.3 is 10.2 Å². The first kappa shape index (κ1) is 18.6. The maximum atomic E-state index is 12.4. The molecule has 4 nitrogen and oxygen atoms in total. The molecule has 1 N–H and O–H groups in total. The monoisotopic (exact) mass is 351 g/mol. The largest absolute Gasteiger partial charge is 0.349 e. The van der Waals surface area contributed by atoms with E-state index in [0.29, 0.717) is 0 Å². The highest BCUT2D eigenvalue weighted by atomic mass is 16.1. The molecular weight excluding hydrogens is 322 g/mol. The number of nitrogens with zero attached hydrogens (tertiary/aromatic N) is 2. The molecule has 0 aliphatic carbocycles. The second kappa shape index (κ2) is 9.48. The Bertz CT molecular complexity index is 676. The van der Waals surface area contributed by atoms with Crippen molar-refractivity contribution >= 4 is 5.91 Å². The fourth-order valence-corrected chi connectivity index (χ4v) is 3.52. The number of hydrogen-bond donors (Lipinski definition) is 1. The zero-order valence-electron chi connectivity index (χ0n) is 15.7. The average Bonchev–Trinajstić information content (AvgIpc) is 2.69. The summed E-state index contributed by atoms with van der Waals surface area (Å²) in [6.45, 7) is 5.34. The first-order chi connectivity index (χ1) is 12.7. The Balaban J connectivity index is 1.41. The summed E-state index contributed by atoms with van der Waals surface area (Å²) in [6, 6.07) is 12.5. The number of aryl methyl sites for hydroxylation is 1. The summed E-state index contributed by atoms with van der Waals surface area (Å²) in [6.07, 6.45) is 9.01. The van der Waals surface area contributed by atoms with Crippen LogP contribution < -0.4 is 5.32 Å². The van der Waals surface area contributed by atoms with E-state index < -0.39 is 0 Å². The van der Waals surface area contributed by atoms with Gasteiger partial charge in [0.25, 0.3) is 5.91 Å². The molecule has 0 saturated carbocycles. The first-order valence-corrected chi connectivity index (χ1v) is 9.75. The van der Waals surface area contributed by atoms with Crippen molar-refractivity contribution in [3.05, 3.63) is 65.5 Å². The van der Waals surface area contributed by atoms with Gasteiger partial charge in [0.1, 0.15) is 0 Å². The van der Waals surface area contributed by atoms with E-state index in [0.717, 1.165) is 57.3 Å². The van der Waals surface area contributed by atoms with Crippen LogP contribution in [0.15, 0.2) is 48.8 Å². The van der Waals surface area contributed by atoms with Crippen molar-refractivity contribution in [1.29, 1.82) is 0 Å². The van der Waals surface area contributed by atoms with Crippen LogP contribution >= 0.6 is 0 Å². The molecule has 0 unspecified atom stereocenters. The number of amides is 1. The second-order valence-corrected chi connectivity index (χ2v) is 7.14. The highest BCUT2D eigenvalue weighted by Gasteiger charge is 2.20. The summed E-state index contributed by atoms with van der Waals surface area (Å²) in [5.74, 6) is 0.0586. The molecule has 1 aliphatic rings. The summed E-state index contributed by atoms with van der Waals surface area (Å²) in [5.41, 5.74) is 3.40. The number of hydrogen-bond acceptors (Lipinski definition) is 3. The van der Waals surface area contributed by atoms with E-state index in [1.807, 2.05) is 24.5 Å². The first-order valence-electron chi connectivity index (χ1n) is 9.75. The van der Waals surface area contributed by atoms with E-state index in [4.69, 9.17) is 0 Å². The van der Waals surface area contributed by atoms with Gasteiger partial charge in [-0.15, -0.1) is 0 Å². The van der Waals surface area contributed by atoms with Gasteiger partial charge in [0.2, 0.25) is 0 Å². The van der Waals surface area contributed by atoms with Crippen LogP contribution in [0.2, 0.25) is 0 Å². The number of nitrogens with one attached hydrogen (secondary N) is 1. The third-order valence-electron chi connectivity index (χ3n) is 5.14. The fraction of sp³-hybridized carbons (Fsp3) is 0.455. The van der Waals surface area contributed by atoms with Gasteiger partial charge in [0.05, 0.1) is 0 Å². The smallest absolute Gasteiger partial charge is 0.251 e. The molecule has 1 fully saturated rings. The third-order valence-corrected chi connectivity index (χ3v) is 5.14. The Morgan fingerprint density at radius 2 is 1.69 bits per heavy atom. The molecule has 0 atom stereocenters. The molecule has 2 aromatic rings. The molecule has 0 radical (unpaired) electrons. The molecule has 1 amide bonds. The highest BCUT2D eigenvalue weighted by molar-refractivity contribution is 5.94. The van der Waals surface area contributed by atoms with Gasteiger partial charge >= 0.3 is 0 Å². The topological polar surface area (TPSA) is 45.2 Å². The van der Waals surface area contributed by atoms with Gasteiger partial charge in [0.15, 0.2) is 0 Å². The van der Waals surface area contributed by atoms with E-state index >= 15 is 0 Å². The lowest BCUT2D eigenvalue weighted by molar-refractivity contribution is 0.0911. The molecule has 1 aliphatic heterocycles. The van der Waals surface area contributed by atoms with Gasteiger partial charge in [0, 0.05) is 43.6 Å². The Kier molecular flexibility index (Phi) is 6.78. The van der Waals surface area contributed by atoms with Crippen molar-refractivity contribution in [1.82, 2.24) is 15.2 Å². The molecule has 1 saturated heterocycles. The van der Waals surface area contributed by atoms with Crippen LogP contribution in [-0.2, 0) is 12.8 Å². The Morgan fingerprint density at radius 3 is 2.35 bits per heavy atom. The van der Waals surface area contributed by atoms with Crippen LogP contribution in [0.1, 0.15) is 47.7 Å². The number of carbonyl (C=O) groups excluding carboxylic acids is 1. The van der Waals surface area contributed by atoms with Crippen molar-refractivity contribution in [2.45, 2.75) is 45.1 Å². The number of rotatable bonds is 7. The van der Waals surface area contributed by atoms with E-state index in [-0.39, 0.29) is 11.9 Å². The number of piperidine rings is 1. The number of likely N-dealkylation sites (tertiary alicyclic amines) is 1. The molecule has 3 rings (SSSR count). The van der Waals surface area contributed by atoms with Crippen molar-refractivity contribution in [2.75, 3.05) is 19.6 Å². The lowest BCUT2D eigenvalue weighted by Gasteiger charge is -2.32. The van der Waals surface area contributed by atoms with Gasteiger partial charge in [-0.05, 0) is 61.1 Å². The Labute approximate surface area is 156 Å². The molecule has 1 aromatic heterocycles. The zero-order chi connectivity index (χ0) is 18.2. The molecule has 0 spiro atoms. The van der Waals surface area contributed by atoms with E-state index in [1.54, 1.807) is 0 Å². The summed E-state index contributed by atoms with van der Waals surface area (Å²) in [4.78, 5) is 19.0. The van der Waals surface area contributed by atoms with Crippen LogP contribution in [0.5, 0.6) is 0 Å². The predicted molar refractivity (Wildman–Crippen MR) is 105 cm³/mol. The lowest BCUT2D eigenvalue weighted by atomic mass is 10.0. The van der Waals surface area contributed by atoms with Crippen LogP contribution in [-0.4, -0.2) is 41.5 Å². The molecule has 1 aromatic carbocycles.